The molecule has 1 N–H and O–H groups in total. The number of nitrogens with zero attached hydrogens (tertiary/aromatic N) is 1. The Balaban J connectivity index is 2.04. The van der Waals surface area contributed by atoms with Gasteiger partial charge in [0.1, 0.15) is 0 Å². The van der Waals surface area contributed by atoms with E-state index in [9.17, 15) is 8.42 Å². The fraction of sp³-hybridized carbons (Fsp3) is 0.312. The molecule has 0 saturated carbocycles. The van der Waals surface area contributed by atoms with E-state index in [1.165, 1.54) is 0 Å². The number of pyridine rings is 1. The van der Waals surface area contributed by atoms with E-state index in [0.717, 1.165) is 11.1 Å². The summed E-state index contributed by atoms with van der Waals surface area (Å²) < 4.78 is 27.3. The standard InChI is InChI=1S/C16H20N2O2S/c1-16(2,15-9-6-11-17-13-15)18-21(19,20)12-10-14-7-4-3-5-8-14/h3-9,11,13,18H,10,12H2,1-2H3. The van der Waals surface area contributed by atoms with Gasteiger partial charge in [0.15, 0.2) is 0 Å². The summed E-state index contributed by atoms with van der Waals surface area (Å²) in [6, 6.07) is 13.3. The van der Waals surface area contributed by atoms with Crippen LogP contribution in [-0.2, 0) is 22.0 Å². The van der Waals surface area contributed by atoms with Crippen LogP contribution in [-0.4, -0.2) is 19.2 Å². The molecule has 112 valence electrons. The van der Waals surface area contributed by atoms with Gasteiger partial charge in [-0.05, 0) is 37.5 Å². The highest BCUT2D eigenvalue weighted by Crippen LogP contribution is 2.20. The first-order valence-electron chi connectivity index (χ1n) is 6.85. The number of benzene rings is 1. The zero-order valence-electron chi connectivity index (χ0n) is 12.3. The quantitative estimate of drug-likeness (QED) is 0.892. The maximum atomic E-state index is 12.3. The maximum absolute atomic E-state index is 12.3. The van der Waals surface area contributed by atoms with Crippen molar-refractivity contribution in [3.05, 3.63) is 66.0 Å². The second-order valence-electron chi connectivity index (χ2n) is 5.52. The summed E-state index contributed by atoms with van der Waals surface area (Å²) in [7, 11) is -3.36. The van der Waals surface area contributed by atoms with Gasteiger partial charge in [0, 0.05) is 12.4 Å². The molecule has 0 aliphatic rings. The van der Waals surface area contributed by atoms with Crippen LogP contribution in [0.4, 0.5) is 0 Å². The molecule has 0 fully saturated rings. The van der Waals surface area contributed by atoms with Crippen LogP contribution in [0, 0.1) is 0 Å². The van der Waals surface area contributed by atoms with Gasteiger partial charge in [-0.25, -0.2) is 13.1 Å². The minimum Gasteiger partial charge on any atom is -0.264 e. The summed E-state index contributed by atoms with van der Waals surface area (Å²) in [5.41, 5.74) is 1.18. The summed E-state index contributed by atoms with van der Waals surface area (Å²) in [6.07, 6.45) is 3.85. The number of hydrogen-bond donors (Lipinski definition) is 1. The molecular formula is C16H20N2O2S. The van der Waals surface area contributed by atoms with E-state index in [-0.39, 0.29) is 5.75 Å². The highest BCUT2D eigenvalue weighted by atomic mass is 32.2. The number of aryl methyl sites for hydroxylation is 1. The van der Waals surface area contributed by atoms with Crippen molar-refractivity contribution in [3.8, 4) is 0 Å². The van der Waals surface area contributed by atoms with Gasteiger partial charge >= 0.3 is 0 Å². The van der Waals surface area contributed by atoms with Crippen LogP contribution < -0.4 is 4.72 Å². The summed E-state index contributed by atoms with van der Waals surface area (Å²) in [4.78, 5) is 4.04. The van der Waals surface area contributed by atoms with Gasteiger partial charge in [0.05, 0.1) is 11.3 Å². The summed E-state index contributed by atoms with van der Waals surface area (Å²) >= 11 is 0. The average molecular weight is 304 g/mol. The van der Waals surface area contributed by atoms with Gasteiger partial charge in [-0.1, -0.05) is 36.4 Å². The molecule has 1 aromatic carbocycles. The van der Waals surface area contributed by atoms with Crippen molar-refractivity contribution in [3.63, 3.8) is 0 Å². The Morgan fingerprint density at radius 2 is 1.81 bits per heavy atom. The fourth-order valence-corrected chi connectivity index (χ4v) is 3.63. The molecule has 21 heavy (non-hydrogen) atoms. The zero-order valence-corrected chi connectivity index (χ0v) is 13.1. The highest BCUT2D eigenvalue weighted by molar-refractivity contribution is 7.89. The van der Waals surface area contributed by atoms with E-state index in [1.54, 1.807) is 18.5 Å². The van der Waals surface area contributed by atoms with Gasteiger partial charge < -0.3 is 0 Å². The third kappa shape index (κ3) is 4.65. The van der Waals surface area contributed by atoms with Crippen molar-refractivity contribution in [2.45, 2.75) is 25.8 Å². The molecule has 1 heterocycles. The molecule has 2 aromatic rings. The van der Waals surface area contributed by atoms with Crippen molar-refractivity contribution in [2.24, 2.45) is 0 Å². The Labute approximate surface area is 126 Å². The van der Waals surface area contributed by atoms with Crippen molar-refractivity contribution in [1.82, 2.24) is 9.71 Å². The second-order valence-corrected chi connectivity index (χ2v) is 7.37. The van der Waals surface area contributed by atoms with Crippen molar-refractivity contribution >= 4 is 10.0 Å². The largest absolute Gasteiger partial charge is 0.264 e. The van der Waals surface area contributed by atoms with Crippen LogP contribution in [0.25, 0.3) is 0 Å². The monoisotopic (exact) mass is 304 g/mol. The molecule has 0 bridgehead atoms. The summed E-state index contributed by atoms with van der Waals surface area (Å²) in [5.74, 6) is 0.0701. The third-order valence-electron chi connectivity index (χ3n) is 3.30. The third-order valence-corrected chi connectivity index (χ3v) is 4.86. The van der Waals surface area contributed by atoms with E-state index in [4.69, 9.17) is 0 Å². The first-order chi connectivity index (χ1) is 9.89. The lowest BCUT2D eigenvalue weighted by Crippen LogP contribution is -2.42. The van der Waals surface area contributed by atoms with E-state index in [1.807, 2.05) is 50.2 Å². The fourth-order valence-electron chi connectivity index (χ4n) is 2.13. The van der Waals surface area contributed by atoms with Crippen LogP contribution in [0.3, 0.4) is 0 Å². The van der Waals surface area contributed by atoms with Crippen LogP contribution >= 0.6 is 0 Å². The number of sulfonamides is 1. The van der Waals surface area contributed by atoms with Crippen molar-refractivity contribution in [1.29, 1.82) is 0 Å². The van der Waals surface area contributed by atoms with Crippen LogP contribution in [0.1, 0.15) is 25.0 Å². The van der Waals surface area contributed by atoms with Gasteiger partial charge in [0.2, 0.25) is 10.0 Å². The molecule has 0 aliphatic heterocycles. The van der Waals surface area contributed by atoms with Gasteiger partial charge in [-0.2, -0.15) is 0 Å². The molecule has 0 aliphatic carbocycles. The van der Waals surface area contributed by atoms with Gasteiger partial charge in [-0.3, -0.25) is 4.98 Å². The molecular weight excluding hydrogens is 284 g/mol. The second kappa shape index (κ2) is 6.37. The van der Waals surface area contributed by atoms with Crippen molar-refractivity contribution in [2.75, 3.05) is 5.75 Å². The molecule has 2 rings (SSSR count). The summed E-state index contributed by atoms with van der Waals surface area (Å²) in [6.45, 7) is 3.67. The average Bonchev–Trinajstić information content (AvgIpc) is 2.46. The lowest BCUT2D eigenvalue weighted by atomic mass is 9.98. The zero-order chi connectivity index (χ0) is 15.3. The summed E-state index contributed by atoms with van der Waals surface area (Å²) in [5, 5.41) is 0. The molecule has 5 heteroatoms. The Morgan fingerprint density at radius 1 is 1.10 bits per heavy atom. The van der Waals surface area contributed by atoms with Gasteiger partial charge in [-0.15, -0.1) is 0 Å². The predicted molar refractivity (Wildman–Crippen MR) is 84.3 cm³/mol. The Hall–Kier alpha value is -1.72. The molecule has 0 amide bonds. The first kappa shape index (κ1) is 15.7. The molecule has 1 aromatic heterocycles. The van der Waals surface area contributed by atoms with Crippen LogP contribution in [0.15, 0.2) is 54.9 Å². The molecule has 0 atom stereocenters. The lowest BCUT2D eigenvalue weighted by molar-refractivity contribution is 0.470. The topological polar surface area (TPSA) is 59.1 Å². The Morgan fingerprint density at radius 3 is 2.43 bits per heavy atom. The number of rotatable bonds is 6. The first-order valence-corrected chi connectivity index (χ1v) is 8.50. The lowest BCUT2D eigenvalue weighted by Gasteiger charge is -2.26. The van der Waals surface area contributed by atoms with E-state index >= 15 is 0 Å². The smallest absolute Gasteiger partial charge is 0.212 e. The minimum atomic E-state index is -3.36. The Kier molecular flexibility index (Phi) is 4.75. The van der Waals surface area contributed by atoms with Gasteiger partial charge in [0.25, 0.3) is 0 Å². The molecule has 4 nitrogen and oxygen atoms in total. The SMILES string of the molecule is CC(C)(NS(=O)(=O)CCc1ccccc1)c1cccnc1. The maximum Gasteiger partial charge on any atom is 0.212 e. The highest BCUT2D eigenvalue weighted by Gasteiger charge is 2.26. The van der Waals surface area contributed by atoms with E-state index in [0.29, 0.717) is 6.42 Å². The number of hydrogen-bond acceptors (Lipinski definition) is 3. The van der Waals surface area contributed by atoms with Crippen LogP contribution in [0.5, 0.6) is 0 Å². The van der Waals surface area contributed by atoms with Crippen LogP contribution in [0.2, 0.25) is 0 Å². The van der Waals surface area contributed by atoms with E-state index in [2.05, 4.69) is 9.71 Å². The molecule has 0 radical (unpaired) electrons. The number of nitrogens with one attached hydrogen (secondary N) is 1. The molecule has 0 spiro atoms. The minimum absolute atomic E-state index is 0.0701. The molecule has 0 saturated heterocycles. The predicted octanol–water partition coefficient (Wildman–Crippen LogP) is 2.48. The number of aromatic nitrogens is 1. The normalized spacial score (nSPS) is 12.3. The Bertz CT molecular complexity index is 668. The van der Waals surface area contributed by atoms with E-state index < -0.39 is 15.6 Å². The van der Waals surface area contributed by atoms with Crippen molar-refractivity contribution < 1.29 is 8.42 Å². The molecule has 0 unspecified atom stereocenters.